The molecule has 0 amide bonds. The summed E-state index contributed by atoms with van der Waals surface area (Å²) in [6.07, 6.45) is 6.73. The van der Waals surface area contributed by atoms with Crippen LogP contribution in [0.15, 0.2) is 12.1 Å². The molecule has 1 N–H and O–H groups in total. The van der Waals surface area contributed by atoms with Crippen molar-refractivity contribution >= 4 is 22.9 Å². The van der Waals surface area contributed by atoms with Crippen LogP contribution in [0.3, 0.4) is 0 Å². The fraction of sp³-hybridized carbons (Fsp3) is 0.692. The van der Waals surface area contributed by atoms with Crippen molar-refractivity contribution in [1.29, 1.82) is 0 Å². The molecule has 1 aliphatic carbocycles. The standard InChI is InChI=1S/C13H20ClNS/c1-2-15-10-13(7-3-4-8-13)9-11-5-6-12(14)16-11/h5-6,15H,2-4,7-10H2,1H3. The molecular weight excluding hydrogens is 238 g/mol. The van der Waals surface area contributed by atoms with Crippen LogP contribution in [0.2, 0.25) is 4.34 Å². The van der Waals surface area contributed by atoms with E-state index in [1.165, 1.54) is 43.5 Å². The third-order valence-electron chi connectivity index (χ3n) is 3.59. The average molecular weight is 258 g/mol. The average Bonchev–Trinajstić information content (AvgIpc) is 2.87. The van der Waals surface area contributed by atoms with Crippen LogP contribution in [0, 0.1) is 5.41 Å². The lowest BCUT2D eigenvalue weighted by molar-refractivity contribution is 0.282. The number of hydrogen-bond donors (Lipinski definition) is 1. The molecular formula is C13H20ClNS. The van der Waals surface area contributed by atoms with Gasteiger partial charge in [-0.2, -0.15) is 0 Å². The number of rotatable bonds is 5. The van der Waals surface area contributed by atoms with Crippen LogP contribution in [0.25, 0.3) is 0 Å². The van der Waals surface area contributed by atoms with Gasteiger partial charge in [0.05, 0.1) is 4.34 Å². The maximum Gasteiger partial charge on any atom is 0.0931 e. The summed E-state index contributed by atoms with van der Waals surface area (Å²) >= 11 is 7.74. The molecule has 1 saturated carbocycles. The fourth-order valence-corrected chi connectivity index (χ4v) is 4.01. The summed E-state index contributed by atoms with van der Waals surface area (Å²) in [6, 6.07) is 4.22. The first-order valence-electron chi connectivity index (χ1n) is 6.19. The minimum absolute atomic E-state index is 0.504. The van der Waals surface area contributed by atoms with Crippen LogP contribution in [-0.2, 0) is 6.42 Å². The molecule has 1 nitrogen and oxygen atoms in total. The molecule has 0 atom stereocenters. The van der Waals surface area contributed by atoms with Crippen molar-refractivity contribution in [1.82, 2.24) is 5.32 Å². The van der Waals surface area contributed by atoms with Crippen molar-refractivity contribution in [3.8, 4) is 0 Å². The van der Waals surface area contributed by atoms with Gasteiger partial charge in [0.1, 0.15) is 0 Å². The highest BCUT2D eigenvalue weighted by Gasteiger charge is 2.33. The maximum atomic E-state index is 6.00. The molecule has 0 bridgehead atoms. The van der Waals surface area contributed by atoms with E-state index in [-0.39, 0.29) is 0 Å². The van der Waals surface area contributed by atoms with Gasteiger partial charge in [0.15, 0.2) is 0 Å². The molecule has 0 radical (unpaired) electrons. The van der Waals surface area contributed by atoms with Crippen molar-refractivity contribution in [3.63, 3.8) is 0 Å². The normalized spacial score (nSPS) is 19.1. The van der Waals surface area contributed by atoms with Crippen molar-refractivity contribution in [2.24, 2.45) is 5.41 Å². The van der Waals surface area contributed by atoms with Crippen LogP contribution in [0.1, 0.15) is 37.5 Å². The molecule has 2 rings (SSSR count). The Kier molecular flexibility index (Phi) is 4.28. The van der Waals surface area contributed by atoms with Gasteiger partial charge in [-0.1, -0.05) is 31.4 Å². The number of nitrogens with one attached hydrogen (secondary N) is 1. The Morgan fingerprint density at radius 1 is 1.38 bits per heavy atom. The monoisotopic (exact) mass is 257 g/mol. The van der Waals surface area contributed by atoms with E-state index in [1.54, 1.807) is 11.3 Å². The van der Waals surface area contributed by atoms with Gasteiger partial charge in [0.25, 0.3) is 0 Å². The maximum absolute atomic E-state index is 6.00. The number of halogens is 1. The smallest absolute Gasteiger partial charge is 0.0931 e. The lowest BCUT2D eigenvalue weighted by Gasteiger charge is -2.28. The molecule has 1 aromatic rings. The Morgan fingerprint density at radius 3 is 2.69 bits per heavy atom. The minimum Gasteiger partial charge on any atom is -0.316 e. The molecule has 1 aliphatic rings. The van der Waals surface area contributed by atoms with E-state index in [1.807, 2.05) is 6.07 Å². The highest BCUT2D eigenvalue weighted by Crippen LogP contribution is 2.41. The minimum atomic E-state index is 0.504. The fourth-order valence-electron chi connectivity index (χ4n) is 2.75. The van der Waals surface area contributed by atoms with Crippen molar-refractivity contribution in [3.05, 3.63) is 21.3 Å². The molecule has 3 heteroatoms. The van der Waals surface area contributed by atoms with Crippen LogP contribution < -0.4 is 5.32 Å². The summed E-state index contributed by atoms with van der Waals surface area (Å²) in [4.78, 5) is 1.45. The zero-order chi connectivity index (χ0) is 11.4. The van der Waals surface area contributed by atoms with E-state index < -0.39 is 0 Å². The molecule has 0 saturated heterocycles. The van der Waals surface area contributed by atoms with E-state index >= 15 is 0 Å². The zero-order valence-corrected chi connectivity index (χ0v) is 11.5. The van der Waals surface area contributed by atoms with E-state index in [0.717, 1.165) is 10.9 Å². The molecule has 16 heavy (non-hydrogen) atoms. The van der Waals surface area contributed by atoms with Crippen molar-refractivity contribution in [2.75, 3.05) is 13.1 Å². The van der Waals surface area contributed by atoms with Gasteiger partial charge in [0, 0.05) is 11.4 Å². The quantitative estimate of drug-likeness (QED) is 0.837. The van der Waals surface area contributed by atoms with Crippen LogP contribution >= 0.6 is 22.9 Å². The Labute approximate surface area is 107 Å². The summed E-state index contributed by atoms with van der Waals surface area (Å²) in [5.41, 5.74) is 0.504. The molecule has 1 aromatic heterocycles. The number of thiophene rings is 1. The molecule has 90 valence electrons. The van der Waals surface area contributed by atoms with E-state index in [4.69, 9.17) is 11.6 Å². The Bertz CT molecular complexity index is 328. The van der Waals surface area contributed by atoms with Crippen LogP contribution in [0.4, 0.5) is 0 Å². The third-order valence-corrected chi connectivity index (χ3v) is 4.82. The molecule has 0 aliphatic heterocycles. The topological polar surface area (TPSA) is 12.0 Å². The summed E-state index contributed by atoms with van der Waals surface area (Å²) in [6.45, 7) is 4.43. The van der Waals surface area contributed by atoms with Crippen molar-refractivity contribution in [2.45, 2.75) is 39.0 Å². The predicted molar refractivity (Wildman–Crippen MR) is 72.5 cm³/mol. The van der Waals surface area contributed by atoms with Gasteiger partial charge in [0.2, 0.25) is 0 Å². The first-order chi connectivity index (χ1) is 7.74. The van der Waals surface area contributed by atoms with Crippen molar-refractivity contribution < 1.29 is 0 Å². The second kappa shape index (κ2) is 5.52. The van der Waals surface area contributed by atoms with Crippen LogP contribution in [-0.4, -0.2) is 13.1 Å². The molecule has 0 aromatic carbocycles. The van der Waals surface area contributed by atoms with E-state index in [2.05, 4.69) is 18.3 Å². The molecule has 0 unspecified atom stereocenters. The van der Waals surface area contributed by atoms with Gasteiger partial charge in [-0.3, -0.25) is 0 Å². The number of hydrogen-bond acceptors (Lipinski definition) is 2. The van der Waals surface area contributed by atoms with Gasteiger partial charge in [-0.15, -0.1) is 11.3 Å². The summed E-state index contributed by atoms with van der Waals surface area (Å²) in [5.74, 6) is 0. The highest BCUT2D eigenvalue weighted by atomic mass is 35.5. The second-order valence-electron chi connectivity index (χ2n) is 4.87. The Balaban J connectivity index is 2.02. The van der Waals surface area contributed by atoms with E-state index in [9.17, 15) is 0 Å². The highest BCUT2D eigenvalue weighted by molar-refractivity contribution is 7.16. The second-order valence-corrected chi connectivity index (χ2v) is 6.67. The summed E-state index contributed by atoms with van der Waals surface area (Å²) in [5, 5.41) is 3.53. The molecule has 1 heterocycles. The summed E-state index contributed by atoms with van der Waals surface area (Å²) in [7, 11) is 0. The summed E-state index contributed by atoms with van der Waals surface area (Å²) < 4.78 is 0.923. The Morgan fingerprint density at radius 2 is 2.12 bits per heavy atom. The first-order valence-corrected chi connectivity index (χ1v) is 7.38. The molecule has 1 fully saturated rings. The third kappa shape index (κ3) is 2.99. The van der Waals surface area contributed by atoms with Crippen LogP contribution in [0.5, 0.6) is 0 Å². The first kappa shape index (κ1) is 12.4. The van der Waals surface area contributed by atoms with Gasteiger partial charge >= 0.3 is 0 Å². The van der Waals surface area contributed by atoms with E-state index in [0.29, 0.717) is 5.41 Å². The zero-order valence-electron chi connectivity index (χ0n) is 9.89. The van der Waals surface area contributed by atoms with Gasteiger partial charge in [-0.05, 0) is 43.4 Å². The SMILES string of the molecule is CCNCC1(Cc2ccc(Cl)s2)CCCC1. The largest absolute Gasteiger partial charge is 0.316 e. The lowest BCUT2D eigenvalue weighted by atomic mass is 9.82. The van der Waals surface area contributed by atoms with Gasteiger partial charge in [-0.25, -0.2) is 0 Å². The molecule has 0 spiro atoms. The lowest BCUT2D eigenvalue weighted by Crippen LogP contribution is -2.33. The predicted octanol–water partition coefficient (Wildman–Crippen LogP) is 4.11. The Hall–Kier alpha value is -0.0500. The van der Waals surface area contributed by atoms with Gasteiger partial charge < -0.3 is 5.32 Å².